The molecule has 28 heavy (non-hydrogen) atoms. The summed E-state index contributed by atoms with van der Waals surface area (Å²) < 4.78 is 29.9. The molecule has 4 aromatic rings. The fourth-order valence-electron chi connectivity index (χ4n) is 3.04. The van der Waals surface area contributed by atoms with Crippen molar-refractivity contribution >= 4 is 29.1 Å². The zero-order valence-electron chi connectivity index (χ0n) is 14.8. The smallest absolute Gasteiger partial charge is 0.218 e. The van der Waals surface area contributed by atoms with Gasteiger partial charge in [-0.05, 0) is 47.3 Å². The standard InChI is InChI=1S/C21H15F2N3OS/c1-25-19(12-18(24-25)20-6-3-11-28-20)14-7-9-15(10-8-14)26(13-27)21-16(22)4-2-5-17(21)23/h2-13H,1H3. The van der Waals surface area contributed by atoms with Gasteiger partial charge in [-0.1, -0.05) is 24.3 Å². The Morgan fingerprint density at radius 1 is 1.04 bits per heavy atom. The van der Waals surface area contributed by atoms with Gasteiger partial charge in [0.25, 0.3) is 0 Å². The topological polar surface area (TPSA) is 38.1 Å². The first kappa shape index (κ1) is 18.1. The number of aromatic nitrogens is 2. The van der Waals surface area contributed by atoms with Crippen LogP contribution in [0.5, 0.6) is 0 Å². The molecule has 0 fully saturated rings. The molecule has 0 aliphatic rings. The van der Waals surface area contributed by atoms with Gasteiger partial charge >= 0.3 is 0 Å². The van der Waals surface area contributed by atoms with Crippen molar-refractivity contribution in [3.8, 4) is 21.8 Å². The molecule has 2 aromatic heterocycles. The quantitative estimate of drug-likeness (QED) is 0.425. The summed E-state index contributed by atoms with van der Waals surface area (Å²) in [6.07, 6.45) is 0.398. The third kappa shape index (κ3) is 3.20. The van der Waals surface area contributed by atoms with Crippen LogP contribution in [-0.4, -0.2) is 16.2 Å². The van der Waals surface area contributed by atoms with E-state index < -0.39 is 17.3 Å². The van der Waals surface area contributed by atoms with Crippen molar-refractivity contribution in [1.29, 1.82) is 0 Å². The average molecular weight is 395 g/mol. The second-order valence-electron chi connectivity index (χ2n) is 6.11. The number of amides is 1. The molecule has 0 bridgehead atoms. The highest BCUT2D eigenvalue weighted by molar-refractivity contribution is 7.13. The van der Waals surface area contributed by atoms with Crippen molar-refractivity contribution in [1.82, 2.24) is 9.78 Å². The van der Waals surface area contributed by atoms with Crippen molar-refractivity contribution in [2.24, 2.45) is 7.05 Å². The summed E-state index contributed by atoms with van der Waals surface area (Å²) >= 11 is 1.61. The van der Waals surface area contributed by atoms with Gasteiger partial charge in [0.2, 0.25) is 6.41 Å². The van der Waals surface area contributed by atoms with Gasteiger partial charge in [0.15, 0.2) is 0 Å². The molecule has 0 spiro atoms. The van der Waals surface area contributed by atoms with Crippen LogP contribution in [0.1, 0.15) is 0 Å². The van der Waals surface area contributed by atoms with Gasteiger partial charge < -0.3 is 0 Å². The van der Waals surface area contributed by atoms with E-state index in [4.69, 9.17) is 0 Å². The predicted octanol–water partition coefficient (Wildman–Crippen LogP) is 5.39. The molecule has 0 radical (unpaired) electrons. The minimum Gasteiger partial charge on any atom is -0.278 e. The molecule has 1 amide bonds. The van der Waals surface area contributed by atoms with E-state index in [1.165, 1.54) is 6.07 Å². The number of aryl methyl sites for hydroxylation is 1. The summed E-state index contributed by atoms with van der Waals surface area (Å²) in [6, 6.07) is 16.3. The molecule has 0 atom stereocenters. The fraction of sp³-hybridized carbons (Fsp3) is 0.0476. The average Bonchev–Trinajstić information content (AvgIpc) is 3.35. The molecular weight excluding hydrogens is 380 g/mol. The maximum absolute atomic E-state index is 14.1. The molecule has 2 heterocycles. The lowest BCUT2D eigenvalue weighted by Gasteiger charge is -2.19. The molecular formula is C21H15F2N3OS. The van der Waals surface area contributed by atoms with Gasteiger partial charge in [0.1, 0.15) is 23.0 Å². The number of hydrogen-bond acceptors (Lipinski definition) is 3. The largest absolute Gasteiger partial charge is 0.278 e. The van der Waals surface area contributed by atoms with Crippen molar-refractivity contribution < 1.29 is 13.6 Å². The number of para-hydroxylation sites is 1. The van der Waals surface area contributed by atoms with Crippen LogP contribution >= 0.6 is 11.3 Å². The number of benzene rings is 2. The number of nitrogens with zero attached hydrogens (tertiary/aromatic N) is 3. The first-order valence-electron chi connectivity index (χ1n) is 8.45. The SMILES string of the molecule is Cn1nc(-c2cccs2)cc1-c1ccc(N(C=O)c2c(F)cccc2F)cc1. The van der Waals surface area contributed by atoms with E-state index in [1.807, 2.05) is 30.6 Å². The second-order valence-corrected chi connectivity index (χ2v) is 7.06. The fourth-order valence-corrected chi connectivity index (χ4v) is 3.72. The van der Waals surface area contributed by atoms with E-state index in [0.717, 1.165) is 38.9 Å². The van der Waals surface area contributed by atoms with Crippen LogP contribution in [0.4, 0.5) is 20.2 Å². The van der Waals surface area contributed by atoms with Crippen LogP contribution < -0.4 is 4.90 Å². The lowest BCUT2D eigenvalue weighted by Crippen LogP contribution is -2.17. The third-order valence-electron chi connectivity index (χ3n) is 4.38. The molecule has 140 valence electrons. The Morgan fingerprint density at radius 2 is 1.75 bits per heavy atom. The molecule has 7 heteroatoms. The lowest BCUT2D eigenvalue weighted by molar-refractivity contribution is -0.106. The highest BCUT2D eigenvalue weighted by Crippen LogP contribution is 2.32. The highest BCUT2D eigenvalue weighted by Gasteiger charge is 2.18. The summed E-state index contributed by atoms with van der Waals surface area (Å²) in [7, 11) is 1.85. The van der Waals surface area contributed by atoms with Gasteiger partial charge in [0, 0.05) is 12.7 Å². The molecule has 0 saturated carbocycles. The maximum Gasteiger partial charge on any atom is 0.218 e. The Labute approximate surface area is 164 Å². The normalized spacial score (nSPS) is 10.8. The van der Waals surface area contributed by atoms with Gasteiger partial charge in [-0.15, -0.1) is 11.3 Å². The Kier molecular flexibility index (Phi) is 4.75. The van der Waals surface area contributed by atoms with E-state index in [1.54, 1.807) is 40.3 Å². The van der Waals surface area contributed by atoms with Crippen LogP contribution in [0.3, 0.4) is 0 Å². The molecule has 4 rings (SSSR count). The molecule has 0 aliphatic carbocycles. The van der Waals surface area contributed by atoms with Crippen LogP contribution in [0.15, 0.2) is 66.0 Å². The van der Waals surface area contributed by atoms with Crippen LogP contribution in [0, 0.1) is 11.6 Å². The molecule has 0 unspecified atom stereocenters. The van der Waals surface area contributed by atoms with Gasteiger partial charge in [-0.25, -0.2) is 8.78 Å². The first-order chi connectivity index (χ1) is 13.6. The molecule has 0 aliphatic heterocycles. The predicted molar refractivity (Wildman–Crippen MR) is 107 cm³/mol. The number of carbonyl (C=O) groups is 1. The number of hydrogen-bond donors (Lipinski definition) is 0. The Hall–Kier alpha value is -3.32. The molecule has 4 nitrogen and oxygen atoms in total. The first-order valence-corrected chi connectivity index (χ1v) is 9.33. The molecule has 0 saturated heterocycles. The zero-order valence-corrected chi connectivity index (χ0v) is 15.7. The minimum atomic E-state index is -0.802. The van der Waals surface area contributed by atoms with E-state index in [-0.39, 0.29) is 0 Å². The van der Waals surface area contributed by atoms with E-state index in [0.29, 0.717) is 12.1 Å². The number of thiophene rings is 1. The Bertz CT molecular complexity index is 1100. The summed E-state index contributed by atoms with van der Waals surface area (Å²) in [5.74, 6) is -1.60. The number of rotatable bonds is 5. The summed E-state index contributed by atoms with van der Waals surface area (Å²) in [6.45, 7) is 0. The van der Waals surface area contributed by atoms with Crippen molar-refractivity contribution in [3.63, 3.8) is 0 Å². The summed E-state index contributed by atoms with van der Waals surface area (Å²) in [5, 5.41) is 6.53. The highest BCUT2D eigenvalue weighted by atomic mass is 32.1. The second kappa shape index (κ2) is 7.36. The number of carbonyl (C=O) groups excluding carboxylic acids is 1. The third-order valence-corrected chi connectivity index (χ3v) is 5.27. The maximum atomic E-state index is 14.1. The minimum absolute atomic E-state index is 0.364. The molecule has 0 N–H and O–H groups in total. The van der Waals surface area contributed by atoms with Crippen molar-refractivity contribution in [2.75, 3.05) is 4.90 Å². The van der Waals surface area contributed by atoms with Gasteiger partial charge in [-0.2, -0.15) is 5.10 Å². The number of anilines is 2. The van der Waals surface area contributed by atoms with Crippen LogP contribution in [0.25, 0.3) is 21.8 Å². The summed E-state index contributed by atoms with van der Waals surface area (Å²) in [5.41, 5.74) is 2.61. The van der Waals surface area contributed by atoms with Crippen molar-refractivity contribution in [2.45, 2.75) is 0 Å². The van der Waals surface area contributed by atoms with Crippen molar-refractivity contribution in [3.05, 3.63) is 77.7 Å². The van der Waals surface area contributed by atoms with Gasteiger partial charge in [0.05, 0.1) is 10.6 Å². The Balaban J connectivity index is 1.68. The number of halogens is 2. The molecule has 2 aromatic carbocycles. The van der Waals surface area contributed by atoms with Gasteiger partial charge in [-0.3, -0.25) is 14.4 Å². The van der Waals surface area contributed by atoms with Crippen LogP contribution in [0.2, 0.25) is 0 Å². The van der Waals surface area contributed by atoms with E-state index >= 15 is 0 Å². The zero-order chi connectivity index (χ0) is 19.7. The van der Waals surface area contributed by atoms with E-state index in [9.17, 15) is 13.6 Å². The monoisotopic (exact) mass is 395 g/mol. The Morgan fingerprint density at radius 3 is 2.36 bits per heavy atom. The lowest BCUT2D eigenvalue weighted by atomic mass is 10.1. The summed E-state index contributed by atoms with van der Waals surface area (Å²) in [4.78, 5) is 13.6. The van der Waals surface area contributed by atoms with Crippen LogP contribution in [-0.2, 0) is 11.8 Å². The van der Waals surface area contributed by atoms with E-state index in [2.05, 4.69) is 5.10 Å².